The van der Waals surface area contributed by atoms with Crippen molar-refractivity contribution in [1.29, 1.82) is 0 Å². The molecule has 24 heavy (non-hydrogen) atoms. The molecule has 3 aromatic rings. The summed E-state index contributed by atoms with van der Waals surface area (Å²) < 4.78 is 5.92. The highest BCUT2D eigenvalue weighted by molar-refractivity contribution is 9.10. The van der Waals surface area contributed by atoms with Crippen LogP contribution in [-0.2, 0) is 0 Å². The van der Waals surface area contributed by atoms with Crippen LogP contribution in [0, 0.1) is 13.8 Å². The summed E-state index contributed by atoms with van der Waals surface area (Å²) in [5.74, 6) is 1.64. The van der Waals surface area contributed by atoms with E-state index in [1.165, 1.54) is 6.20 Å². The van der Waals surface area contributed by atoms with Crippen LogP contribution in [0.5, 0.6) is 0 Å². The highest BCUT2D eigenvalue weighted by atomic mass is 79.9. The number of amides is 1. The van der Waals surface area contributed by atoms with Crippen molar-refractivity contribution in [3.63, 3.8) is 0 Å². The van der Waals surface area contributed by atoms with E-state index < -0.39 is 0 Å². The van der Waals surface area contributed by atoms with E-state index >= 15 is 0 Å². The predicted octanol–water partition coefficient (Wildman–Crippen LogP) is 4.44. The molecule has 7 heteroatoms. The average Bonchev–Trinajstić information content (AvgIpc) is 2.96. The Hall–Kier alpha value is -2.67. The first-order valence-corrected chi connectivity index (χ1v) is 8.04. The van der Waals surface area contributed by atoms with E-state index in [2.05, 4.69) is 36.7 Å². The van der Waals surface area contributed by atoms with Crippen molar-refractivity contribution in [1.82, 2.24) is 10.1 Å². The van der Waals surface area contributed by atoms with Crippen LogP contribution in [0.1, 0.15) is 21.7 Å². The molecule has 0 radical (unpaired) electrons. The molecular weight excluding hydrogens is 372 g/mol. The van der Waals surface area contributed by atoms with Crippen molar-refractivity contribution < 1.29 is 9.32 Å². The van der Waals surface area contributed by atoms with E-state index in [9.17, 15) is 4.79 Å². The molecule has 2 heterocycles. The topological polar surface area (TPSA) is 80.0 Å². The lowest BCUT2D eigenvalue weighted by atomic mass is 10.2. The summed E-state index contributed by atoms with van der Waals surface area (Å²) in [5, 5.41) is 9.67. The van der Waals surface area contributed by atoms with Crippen molar-refractivity contribution in [2.75, 3.05) is 10.6 Å². The largest absolute Gasteiger partial charge is 0.360 e. The minimum atomic E-state index is -0.220. The summed E-state index contributed by atoms with van der Waals surface area (Å²) in [7, 11) is 0. The van der Waals surface area contributed by atoms with Gasteiger partial charge in [0.25, 0.3) is 5.91 Å². The SMILES string of the molecule is Cc1cc(Nc2ccc(C(=O)Nc3ccc(C)c(Br)c3)cn2)no1. The Balaban J connectivity index is 1.68. The van der Waals surface area contributed by atoms with E-state index in [0.717, 1.165) is 15.7 Å². The van der Waals surface area contributed by atoms with E-state index in [-0.39, 0.29) is 5.91 Å². The maximum Gasteiger partial charge on any atom is 0.257 e. The van der Waals surface area contributed by atoms with E-state index in [1.807, 2.05) is 32.0 Å². The molecule has 0 unspecified atom stereocenters. The molecule has 0 bridgehead atoms. The fourth-order valence-electron chi connectivity index (χ4n) is 2.03. The summed E-state index contributed by atoms with van der Waals surface area (Å²) in [5.41, 5.74) is 2.29. The number of carbonyl (C=O) groups excluding carboxylic acids is 1. The fraction of sp³-hybridized carbons (Fsp3) is 0.118. The molecule has 1 amide bonds. The van der Waals surface area contributed by atoms with Gasteiger partial charge in [0.05, 0.1) is 5.56 Å². The first-order chi connectivity index (χ1) is 11.5. The van der Waals surface area contributed by atoms with E-state index in [0.29, 0.717) is 23.0 Å². The Morgan fingerprint density at radius 1 is 1.12 bits per heavy atom. The zero-order chi connectivity index (χ0) is 17.1. The van der Waals surface area contributed by atoms with E-state index in [4.69, 9.17) is 4.52 Å². The first-order valence-electron chi connectivity index (χ1n) is 7.25. The summed E-state index contributed by atoms with van der Waals surface area (Å²) in [6, 6.07) is 10.8. The van der Waals surface area contributed by atoms with Gasteiger partial charge in [-0.3, -0.25) is 4.79 Å². The average molecular weight is 387 g/mol. The number of aryl methyl sites for hydroxylation is 2. The van der Waals surface area contributed by atoms with Crippen molar-refractivity contribution >= 4 is 39.2 Å². The van der Waals surface area contributed by atoms with E-state index in [1.54, 1.807) is 18.2 Å². The van der Waals surface area contributed by atoms with Crippen LogP contribution < -0.4 is 10.6 Å². The smallest absolute Gasteiger partial charge is 0.257 e. The monoisotopic (exact) mass is 386 g/mol. The standard InChI is InChI=1S/C17H15BrN4O2/c1-10-3-5-13(8-14(10)18)20-17(23)12-4-6-15(19-9-12)21-16-7-11(2)24-22-16/h3-9H,1-2H3,(H,20,23)(H,19,21,22). The van der Waals surface area contributed by atoms with Gasteiger partial charge in [-0.05, 0) is 43.7 Å². The number of hydrogen-bond acceptors (Lipinski definition) is 5. The van der Waals surface area contributed by atoms with Gasteiger partial charge in [-0.2, -0.15) is 0 Å². The Morgan fingerprint density at radius 3 is 2.58 bits per heavy atom. The van der Waals surface area contributed by atoms with Gasteiger partial charge in [-0.1, -0.05) is 27.2 Å². The van der Waals surface area contributed by atoms with Crippen molar-refractivity contribution in [3.05, 3.63) is 64.0 Å². The van der Waals surface area contributed by atoms with Crippen LogP contribution in [0.2, 0.25) is 0 Å². The second-order valence-electron chi connectivity index (χ2n) is 5.30. The minimum absolute atomic E-state index is 0.220. The Labute approximate surface area is 147 Å². The quantitative estimate of drug-likeness (QED) is 0.692. The summed E-state index contributed by atoms with van der Waals surface area (Å²) >= 11 is 3.45. The van der Waals surface area contributed by atoms with Crippen LogP contribution in [0.25, 0.3) is 0 Å². The molecule has 0 aliphatic carbocycles. The van der Waals surface area contributed by atoms with Gasteiger partial charge in [0.2, 0.25) is 0 Å². The molecule has 1 aromatic carbocycles. The fourth-order valence-corrected chi connectivity index (χ4v) is 2.41. The van der Waals surface area contributed by atoms with Crippen molar-refractivity contribution in [3.8, 4) is 0 Å². The van der Waals surface area contributed by atoms with Gasteiger partial charge >= 0.3 is 0 Å². The number of rotatable bonds is 4. The van der Waals surface area contributed by atoms with Gasteiger partial charge in [-0.15, -0.1) is 0 Å². The highest BCUT2D eigenvalue weighted by Gasteiger charge is 2.08. The van der Waals surface area contributed by atoms with Gasteiger partial charge in [0.15, 0.2) is 5.82 Å². The van der Waals surface area contributed by atoms with Gasteiger partial charge in [0, 0.05) is 22.4 Å². The van der Waals surface area contributed by atoms with Crippen LogP contribution in [0.15, 0.2) is 51.6 Å². The third-order valence-electron chi connectivity index (χ3n) is 3.34. The molecule has 2 N–H and O–H groups in total. The number of carbonyl (C=O) groups is 1. The molecule has 2 aromatic heterocycles. The maximum atomic E-state index is 12.3. The lowest BCUT2D eigenvalue weighted by Gasteiger charge is -2.07. The lowest BCUT2D eigenvalue weighted by Crippen LogP contribution is -2.12. The number of anilines is 3. The van der Waals surface area contributed by atoms with Crippen LogP contribution in [-0.4, -0.2) is 16.0 Å². The molecule has 0 saturated carbocycles. The molecular formula is C17H15BrN4O2. The van der Waals surface area contributed by atoms with Crippen LogP contribution in [0.4, 0.5) is 17.3 Å². The molecule has 0 aliphatic rings. The number of hydrogen-bond donors (Lipinski definition) is 2. The number of pyridine rings is 1. The second kappa shape index (κ2) is 6.84. The van der Waals surface area contributed by atoms with Gasteiger partial charge < -0.3 is 15.2 Å². The molecule has 0 fully saturated rings. The molecule has 0 atom stereocenters. The first kappa shape index (κ1) is 16.2. The summed E-state index contributed by atoms with van der Waals surface area (Å²) in [6.07, 6.45) is 1.51. The van der Waals surface area contributed by atoms with Crippen LogP contribution in [0.3, 0.4) is 0 Å². The lowest BCUT2D eigenvalue weighted by molar-refractivity contribution is 0.102. The molecule has 6 nitrogen and oxygen atoms in total. The molecule has 0 saturated heterocycles. The maximum absolute atomic E-state index is 12.3. The number of nitrogens with one attached hydrogen (secondary N) is 2. The van der Waals surface area contributed by atoms with Crippen molar-refractivity contribution in [2.24, 2.45) is 0 Å². The highest BCUT2D eigenvalue weighted by Crippen LogP contribution is 2.21. The Morgan fingerprint density at radius 2 is 1.96 bits per heavy atom. The number of aromatic nitrogens is 2. The third-order valence-corrected chi connectivity index (χ3v) is 4.19. The van der Waals surface area contributed by atoms with Gasteiger partial charge in [-0.25, -0.2) is 4.98 Å². The molecule has 0 spiro atoms. The molecule has 3 rings (SSSR count). The second-order valence-corrected chi connectivity index (χ2v) is 6.15. The summed E-state index contributed by atoms with van der Waals surface area (Å²) in [4.78, 5) is 16.5. The molecule has 122 valence electrons. The normalized spacial score (nSPS) is 10.5. The van der Waals surface area contributed by atoms with Crippen molar-refractivity contribution in [2.45, 2.75) is 13.8 Å². The third kappa shape index (κ3) is 3.80. The number of nitrogens with zero attached hydrogens (tertiary/aromatic N) is 2. The Kier molecular flexibility index (Phi) is 4.61. The zero-order valence-corrected chi connectivity index (χ0v) is 14.7. The van der Waals surface area contributed by atoms with Crippen LogP contribution >= 0.6 is 15.9 Å². The Bertz CT molecular complexity index is 875. The number of halogens is 1. The molecule has 0 aliphatic heterocycles. The zero-order valence-electron chi connectivity index (χ0n) is 13.1. The predicted molar refractivity (Wildman–Crippen MR) is 95.6 cm³/mol. The van der Waals surface area contributed by atoms with Gasteiger partial charge in [0.1, 0.15) is 11.6 Å². The number of benzene rings is 1. The summed E-state index contributed by atoms with van der Waals surface area (Å²) in [6.45, 7) is 3.80. The minimum Gasteiger partial charge on any atom is -0.360 e.